The second-order valence-corrected chi connectivity index (χ2v) is 9.93. The van der Waals surface area contributed by atoms with Gasteiger partial charge in [-0.05, 0) is 55.3 Å². The zero-order valence-corrected chi connectivity index (χ0v) is 21.1. The molecule has 190 valence electrons. The van der Waals surface area contributed by atoms with Crippen LogP contribution in [0.2, 0.25) is 0 Å². The molecule has 3 amide bonds. The molecule has 0 aliphatic carbocycles. The van der Waals surface area contributed by atoms with Gasteiger partial charge in [0.1, 0.15) is 30.0 Å². The van der Waals surface area contributed by atoms with Crippen molar-refractivity contribution in [2.45, 2.75) is 38.4 Å². The van der Waals surface area contributed by atoms with Gasteiger partial charge in [-0.3, -0.25) is 19.9 Å². The zero-order chi connectivity index (χ0) is 25.5. The first-order chi connectivity index (χ1) is 18.0. The average Bonchev–Trinajstić information content (AvgIpc) is 3.32. The van der Waals surface area contributed by atoms with E-state index >= 15 is 0 Å². The lowest BCUT2D eigenvalue weighted by molar-refractivity contribution is -0.139. The van der Waals surface area contributed by atoms with Crippen molar-refractivity contribution < 1.29 is 14.3 Å². The number of carbonyl (C=O) groups is 2. The Bertz CT molecular complexity index is 1280. The Labute approximate surface area is 217 Å². The molecular formula is C29H31N5O3. The Kier molecular flexibility index (Phi) is 6.06. The third-order valence-corrected chi connectivity index (χ3v) is 7.48. The van der Waals surface area contributed by atoms with Crippen molar-refractivity contribution in [3.05, 3.63) is 90.0 Å². The fourth-order valence-electron chi connectivity index (χ4n) is 5.54. The normalized spacial score (nSPS) is 23.7. The summed E-state index contributed by atoms with van der Waals surface area (Å²) in [6.45, 7) is 3.94. The molecule has 3 atom stereocenters. The molecule has 0 aromatic heterocycles. The predicted octanol–water partition coefficient (Wildman–Crippen LogP) is 3.98. The van der Waals surface area contributed by atoms with Crippen LogP contribution in [0.1, 0.15) is 17.5 Å². The van der Waals surface area contributed by atoms with E-state index in [1.165, 1.54) is 4.90 Å². The Morgan fingerprint density at radius 3 is 2.32 bits per heavy atom. The number of para-hydroxylation sites is 1. The first kappa shape index (κ1) is 23.5. The zero-order valence-electron chi connectivity index (χ0n) is 21.1. The lowest BCUT2D eigenvalue weighted by atomic mass is 10.1. The van der Waals surface area contributed by atoms with Crippen molar-refractivity contribution in [3.8, 4) is 11.5 Å². The minimum absolute atomic E-state index is 0.142. The summed E-state index contributed by atoms with van der Waals surface area (Å²) in [5.41, 5.74) is 3.13. The molecule has 37 heavy (non-hydrogen) atoms. The van der Waals surface area contributed by atoms with Crippen LogP contribution in [0.3, 0.4) is 0 Å². The van der Waals surface area contributed by atoms with Gasteiger partial charge in [-0.15, -0.1) is 0 Å². The number of nitrogens with one attached hydrogen (secondary N) is 1. The monoisotopic (exact) mass is 497 g/mol. The molecular weight excluding hydrogens is 466 g/mol. The van der Waals surface area contributed by atoms with Gasteiger partial charge in [0.25, 0.3) is 5.91 Å². The van der Waals surface area contributed by atoms with Crippen molar-refractivity contribution in [1.82, 2.24) is 20.0 Å². The van der Waals surface area contributed by atoms with E-state index in [-0.39, 0.29) is 30.9 Å². The minimum atomic E-state index is -0.429. The maximum Gasteiger partial charge on any atom is 0.328 e. The van der Waals surface area contributed by atoms with Crippen LogP contribution in [0.4, 0.5) is 10.5 Å². The lowest BCUT2D eigenvalue weighted by Crippen LogP contribution is -2.66. The smallest absolute Gasteiger partial charge is 0.328 e. The van der Waals surface area contributed by atoms with E-state index in [0.29, 0.717) is 0 Å². The highest BCUT2D eigenvalue weighted by Gasteiger charge is 2.56. The molecule has 8 heteroatoms. The Hall–Kier alpha value is -3.88. The van der Waals surface area contributed by atoms with E-state index in [1.807, 2.05) is 85.8 Å². The van der Waals surface area contributed by atoms with Crippen LogP contribution >= 0.6 is 0 Å². The van der Waals surface area contributed by atoms with E-state index in [0.717, 1.165) is 47.8 Å². The van der Waals surface area contributed by atoms with E-state index in [4.69, 9.17) is 4.74 Å². The van der Waals surface area contributed by atoms with Gasteiger partial charge in [0, 0.05) is 25.8 Å². The lowest BCUT2D eigenvalue weighted by Gasteiger charge is -2.44. The SMILES string of the molecule is Cc1ccc(CN2C(=O)C3C(NC4N(c5ccc(Oc6ccccc6)cc5)CCCN34)N(C)C2=O)cc1. The molecule has 3 aliphatic rings. The number of nitrogens with zero attached hydrogens (tertiary/aromatic N) is 4. The van der Waals surface area contributed by atoms with Crippen molar-refractivity contribution in [2.75, 3.05) is 25.0 Å². The molecule has 8 nitrogen and oxygen atoms in total. The molecule has 3 aliphatic heterocycles. The number of urea groups is 1. The minimum Gasteiger partial charge on any atom is -0.457 e. The fourth-order valence-corrected chi connectivity index (χ4v) is 5.54. The maximum atomic E-state index is 13.7. The number of rotatable bonds is 5. The van der Waals surface area contributed by atoms with Gasteiger partial charge in [-0.2, -0.15) is 0 Å². The van der Waals surface area contributed by atoms with Crippen molar-refractivity contribution >= 4 is 17.6 Å². The van der Waals surface area contributed by atoms with Crippen LogP contribution in [-0.4, -0.2) is 65.3 Å². The summed E-state index contributed by atoms with van der Waals surface area (Å²) < 4.78 is 5.95. The van der Waals surface area contributed by atoms with E-state index in [2.05, 4.69) is 15.1 Å². The Morgan fingerprint density at radius 1 is 0.892 bits per heavy atom. The van der Waals surface area contributed by atoms with Crippen LogP contribution in [-0.2, 0) is 11.3 Å². The topological polar surface area (TPSA) is 68.4 Å². The molecule has 3 heterocycles. The molecule has 1 N–H and O–H groups in total. The number of likely N-dealkylation sites (N-methyl/N-ethyl adjacent to an activating group) is 1. The van der Waals surface area contributed by atoms with Gasteiger partial charge in [-0.1, -0.05) is 48.0 Å². The number of amides is 3. The Balaban J connectivity index is 1.21. The predicted molar refractivity (Wildman–Crippen MR) is 141 cm³/mol. The van der Waals surface area contributed by atoms with E-state index in [1.54, 1.807) is 11.9 Å². The first-order valence-corrected chi connectivity index (χ1v) is 12.7. The molecule has 3 unspecified atom stereocenters. The van der Waals surface area contributed by atoms with Crippen molar-refractivity contribution in [1.29, 1.82) is 0 Å². The molecule has 3 saturated heterocycles. The molecule has 0 bridgehead atoms. The summed E-state index contributed by atoms with van der Waals surface area (Å²) in [6, 6.07) is 25.0. The van der Waals surface area contributed by atoms with Gasteiger partial charge < -0.3 is 14.5 Å². The van der Waals surface area contributed by atoms with E-state index < -0.39 is 6.04 Å². The summed E-state index contributed by atoms with van der Waals surface area (Å²) >= 11 is 0. The van der Waals surface area contributed by atoms with Crippen molar-refractivity contribution in [3.63, 3.8) is 0 Å². The molecule has 3 fully saturated rings. The number of imide groups is 1. The van der Waals surface area contributed by atoms with Gasteiger partial charge in [-0.25, -0.2) is 4.79 Å². The highest BCUT2D eigenvalue weighted by molar-refractivity contribution is 6.00. The molecule has 3 aromatic carbocycles. The molecule has 3 aromatic rings. The third-order valence-electron chi connectivity index (χ3n) is 7.48. The largest absolute Gasteiger partial charge is 0.457 e. The quantitative estimate of drug-likeness (QED) is 0.575. The van der Waals surface area contributed by atoms with Crippen LogP contribution in [0.5, 0.6) is 11.5 Å². The van der Waals surface area contributed by atoms with Crippen LogP contribution in [0, 0.1) is 6.92 Å². The number of ether oxygens (including phenoxy) is 1. The van der Waals surface area contributed by atoms with E-state index in [9.17, 15) is 9.59 Å². The highest BCUT2D eigenvalue weighted by atomic mass is 16.5. The van der Waals surface area contributed by atoms with Crippen LogP contribution in [0.15, 0.2) is 78.9 Å². The van der Waals surface area contributed by atoms with Gasteiger partial charge in [0.05, 0.1) is 6.54 Å². The number of hydrogen-bond donors (Lipinski definition) is 1. The van der Waals surface area contributed by atoms with Gasteiger partial charge >= 0.3 is 6.03 Å². The number of hydrogen-bond acceptors (Lipinski definition) is 6. The van der Waals surface area contributed by atoms with Crippen LogP contribution in [0.25, 0.3) is 0 Å². The first-order valence-electron chi connectivity index (χ1n) is 12.7. The summed E-state index contributed by atoms with van der Waals surface area (Å²) in [6.07, 6.45) is 0.371. The fraction of sp³-hybridized carbons (Fsp3) is 0.310. The maximum absolute atomic E-state index is 13.7. The molecule has 0 radical (unpaired) electrons. The molecule has 6 rings (SSSR count). The average molecular weight is 498 g/mol. The Morgan fingerprint density at radius 2 is 1.59 bits per heavy atom. The van der Waals surface area contributed by atoms with Crippen molar-refractivity contribution in [2.24, 2.45) is 0 Å². The summed E-state index contributed by atoms with van der Waals surface area (Å²) in [5.74, 6) is 1.42. The number of carbonyl (C=O) groups excluding carboxylic acids is 2. The summed E-state index contributed by atoms with van der Waals surface area (Å²) in [4.78, 5) is 34.5. The standard InChI is InChI=1S/C29H31N5O3/c1-20-9-11-21(12-10-20)19-34-27(35)25-26(31(2)29(34)36)30-28-32(17-6-18-33(25)28)22-13-15-24(16-14-22)37-23-7-4-3-5-8-23/h3-5,7-16,25-26,28,30H,6,17-19H2,1-2H3. The summed E-state index contributed by atoms with van der Waals surface area (Å²) in [5, 5.41) is 3.58. The second kappa shape index (κ2) is 9.53. The molecule has 0 spiro atoms. The number of benzene rings is 3. The van der Waals surface area contributed by atoms with Crippen LogP contribution < -0.4 is 15.0 Å². The number of fused-ring (bicyclic) bond motifs is 3. The molecule has 0 saturated carbocycles. The third kappa shape index (κ3) is 4.32. The van der Waals surface area contributed by atoms with Gasteiger partial charge in [0.15, 0.2) is 0 Å². The second-order valence-electron chi connectivity index (χ2n) is 9.93. The van der Waals surface area contributed by atoms with Gasteiger partial charge in [0.2, 0.25) is 0 Å². The highest BCUT2D eigenvalue weighted by Crippen LogP contribution is 2.34. The summed E-state index contributed by atoms with van der Waals surface area (Å²) in [7, 11) is 1.78. The number of aryl methyl sites for hydroxylation is 1. The number of anilines is 1.